The van der Waals surface area contributed by atoms with E-state index >= 15 is 0 Å². The highest BCUT2D eigenvalue weighted by atomic mass is 35.5. The van der Waals surface area contributed by atoms with Crippen LogP contribution in [0, 0.1) is 6.92 Å². The van der Waals surface area contributed by atoms with Crippen molar-refractivity contribution in [2.45, 2.75) is 24.8 Å². The summed E-state index contributed by atoms with van der Waals surface area (Å²) in [5.41, 5.74) is 2.65. The summed E-state index contributed by atoms with van der Waals surface area (Å²) >= 11 is 8.02. The number of halogens is 1. The largest absolute Gasteiger partial charge is 0.496 e. The lowest BCUT2D eigenvalue weighted by Crippen LogP contribution is -2.35. The molecule has 1 fully saturated rings. The van der Waals surface area contributed by atoms with Crippen LogP contribution in [-0.2, 0) is 13.6 Å². The van der Waals surface area contributed by atoms with Crippen molar-refractivity contribution in [1.82, 2.24) is 19.6 Å². The third-order valence-corrected chi connectivity index (χ3v) is 6.36. The third kappa shape index (κ3) is 4.47. The Morgan fingerprint density at radius 1 is 1.29 bits per heavy atom. The van der Waals surface area contributed by atoms with Gasteiger partial charge in [0.05, 0.1) is 18.4 Å². The molecular formula is C20H27ClN4O2S. The summed E-state index contributed by atoms with van der Waals surface area (Å²) in [6.45, 7) is 5.90. The minimum atomic E-state index is 0.0296. The van der Waals surface area contributed by atoms with Crippen molar-refractivity contribution in [2.24, 2.45) is 7.05 Å². The van der Waals surface area contributed by atoms with Gasteiger partial charge in [-0.1, -0.05) is 11.6 Å². The van der Waals surface area contributed by atoms with Crippen molar-refractivity contribution in [3.63, 3.8) is 0 Å². The van der Waals surface area contributed by atoms with Gasteiger partial charge in [-0.3, -0.25) is 14.4 Å². The lowest BCUT2D eigenvalue weighted by Gasteiger charge is -2.23. The van der Waals surface area contributed by atoms with E-state index in [9.17, 15) is 4.79 Å². The molecule has 1 aromatic carbocycles. The molecule has 2 aromatic rings. The minimum Gasteiger partial charge on any atom is -0.496 e. The fourth-order valence-electron chi connectivity index (χ4n) is 3.55. The maximum Gasteiger partial charge on any atom is 0.257 e. The molecule has 1 aromatic heterocycles. The third-order valence-electron chi connectivity index (χ3n) is 5.17. The number of amides is 1. The molecule has 0 spiro atoms. The van der Waals surface area contributed by atoms with Gasteiger partial charge in [0.15, 0.2) is 0 Å². The number of methoxy groups -OCH3 is 1. The Labute approximate surface area is 175 Å². The van der Waals surface area contributed by atoms with E-state index in [4.69, 9.17) is 16.3 Å². The van der Waals surface area contributed by atoms with E-state index in [-0.39, 0.29) is 5.91 Å². The molecule has 1 saturated heterocycles. The van der Waals surface area contributed by atoms with Crippen molar-refractivity contribution in [3.05, 3.63) is 40.2 Å². The Morgan fingerprint density at radius 3 is 2.71 bits per heavy atom. The van der Waals surface area contributed by atoms with Gasteiger partial charge in [-0.15, -0.1) is 11.8 Å². The number of hydrogen-bond acceptors (Lipinski definition) is 5. The SMILES string of the molecule is COc1cc(SC)ccc1C(=O)N1CCCN(Cc2c(C)nn(C)c2Cl)CC1. The highest BCUT2D eigenvalue weighted by molar-refractivity contribution is 7.98. The molecule has 0 aliphatic carbocycles. The van der Waals surface area contributed by atoms with Crippen molar-refractivity contribution < 1.29 is 9.53 Å². The molecule has 0 bridgehead atoms. The number of ether oxygens (including phenoxy) is 1. The molecule has 1 amide bonds. The van der Waals surface area contributed by atoms with Crippen molar-refractivity contribution in [1.29, 1.82) is 0 Å². The number of benzene rings is 1. The molecule has 1 aliphatic rings. The van der Waals surface area contributed by atoms with Crippen LogP contribution in [0.2, 0.25) is 5.15 Å². The molecule has 0 unspecified atom stereocenters. The van der Waals surface area contributed by atoms with Gasteiger partial charge in [0.25, 0.3) is 5.91 Å². The van der Waals surface area contributed by atoms with Crippen LogP contribution < -0.4 is 4.74 Å². The standard InChI is InChI=1S/C20H27ClN4O2S/c1-14-17(19(21)23(2)22-14)13-24-8-5-9-25(11-10-24)20(26)16-7-6-15(28-4)12-18(16)27-3/h6-7,12H,5,8-11,13H2,1-4H3. The summed E-state index contributed by atoms with van der Waals surface area (Å²) in [7, 11) is 3.47. The number of carbonyl (C=O) groups excluding carboxylic acids is 1. The molecule has 2 heterocycles. The van der Waals surface area contributed by atoms with Gasteiger partial charge in [0.2, 0.25) is 0 Å². The highest BCUT2D eigenvalue weighted by Crippen LogP contribution is 2.27. The number of aryl methyl sites for hydroxylation is 2. The van der Waals surface area contributed by atoms with E-state index in [1.807, 2.05) is 43.3 Å². The van der Waals surface area contributed by atoms with E-state index in [1.54, 1.807) is 23.6 Å². The average molecular weight is 423 g/mol. The second-order valence-corrected chi connectivity index (χ2v) is 8.20. The lowest BCUT2D eigenvalue weighted by molar-refractivity contribution is 0.0757. The topological polar surface area (TPSA) is 50.6 Å². The molecule has 8 heteroatoms. The molecule has 0 radical (unpaired) electrons. The zero-order chi connectivity index (χ0) is 20.3. The second-order valence-electron chi connectivity index (χ2n) is 6.97. The molecule has 1 aliphatic heterocycles. The summed E-state index contributed by atoms with van der Waals surface area (Å²) in [6.07, 6.45) is 2.93. The number of carbonyl (C=O) groups is 1. The Kier molecular flexibility index (Phi) is 6.91. The Balaban J connectivity index is 1.69. The van der Waals surface area contributed by atoms with Gasteiger partial charge in [-0.25, -0.2) is 0 Å². The smallest absolute Gasteiger partial charge is 0.257 e. The van der Waals surface area contributed by atoms with Crippen LogP contribution in [0.1, 0.15) is 28.0 Å². The first-order chi connectivity index (χ1) is 13.4. The van der Waals surface area contributed by atoms with Gasteiger partial charge in [0, 0.05) is 50.2 Å². The molecule has 6 nitrogen and oxygen atoms in total. The predicted molar refractivity (Wildman–Crippen MR) is 114 cm³/mol. The molecule has 3 rings (SSSR count). The zero-order valence-electron chi connectivity index (χ0n) is 16.9. The fraction of sp³-hybridized carbons (Fsp3) is 0.500. The first-order valence-corrected chi connectivity index (χ1v) is 11.0. The predicted octanol–water partition coefficient (Wildman–Crippen LogP) is 3.46. The molecule has 28 heavy (non-hydrogen) atoms. The van der Waals surface area contributed by atoms with Crippen LogP contribution in [0.25, 0.3) is 0 Å². The van der Waals surface area contributed by atoms with E-state index < -0.39 is 0 Å². The Morgan fingerprint density at radius 2 is 2.07 bits per heavy atom. The Hall–Kier alpha value is -1.70. The molecule has 0 N–H and O–H groups in total. The van der Waals surface area contributed by atoms with E-state index in [2.05, 4.69) is 10.00 Å². The lowest BCUT2D eigenvalue weighted by atomic mass is 10.1. The maximum atomic E-state index is 13.1. The zero-order valence-corrected chi connectivity index (χ0v) is 18.4. The van der Waals surface area contributed by atoms with E-state index in [0.717, 1.165) is 48.8 Å². The quantitative estimate of drug-likeness (QED) is 0.690. The highest BCUT2D eigenvalue weighted by Gasteiger charge is 2.24. The number of nitrogens with zero attached hydrogens (tertiary/aromatic N) is 4. The molecular weight excluding hydrogens is 396 g/mol. The number of hydrogen-bond donors (Lipinski definition) is 0. The van der Waals surface area contributed by atoms with Crippen molar-refractivity contribution in [2.75, 3.05) is 39.5 Å². The normalized spacial score (nSPS) is 15.5. The van der Waals surface area contributed by atoms with Crippen LogP contribution in [0.3, 0.4) is 0 Å². The van der Waals surface area contributed by atoms with Crippen molar-refractivity contribution >= 4 is 29.3 Å². The van der Waals surface area contributed by atoms with Crippen LogP contribution in [0.5, 0.6) is 5.75 Å². The minimum absolute atomic E-state index is 0.0296. The van der Waals surface area contributed by atoms with Crippen LogP contribution >= 0.6 is 23.4 Å². The molecule has 152 valence electrons. The molecule has 0 saturated carbocycles. The summed E-state index contributed by atoms with van der Waals surface area (Å²) in [6, 6.07) is 5.77. The summed E-state index contributed by atoms with van der Waals surface area (Å²) < 4.78 is 7.18. The van der Waals surface area contributed by atoms with E-state index in [0.29, 0.717) is 23.0 Å². The van der Waals surface area contributed by atoms with Gasteiger partial charge in [-0.2, -0.15) is 5.10 Å². The fourth-order valence-corrected chi connectivity index (χ4v) is 4.22. The number of aromatic nitrogens is 2. The molecule has 0 atom stereocenters. The Bertz CT molecular complexity index is 855. The van der Waals surface area contributed by atoms with Crippen LogP contribution in [-0.4, -0.2) is 65.0 Å². The van der Waals surface area contributed by atoms with Crippen molar-refractivity contribution in [3.8, 4) is 5.75 Å². The first-order valence-electron chi connectivity index (χ1n) is 9.36. The maximum absolute atomic E-state index is 13.1. The van der Waals surface area contributed by atoms with E-state index in [1.165, 1.54) is 0 Å². The van der Waals surface area contributed by atoms with Gasteiger partial charge < -0.3 is 9.64 Å². The van der Waals surface area contributed by atoms with Gasteiger partial charge in [-0.05, 0) is 37.8 Å². The average Bonchev–Trinajstić information content (AvgIpc) is 2.87. The summed E-state index contributed by atoms with van der Waals surface area (Å²) in [5, 5.41) is 5.08. The van der Waals surface area contributed by atoms with Crippen LogP contribution in [0.15, 0.2) is 23.1 Å². The van der Waals surface area contributed by atoms with Gasteiger partial charge in [0.1, 0.15) is 10.9 Å². The number of rotatable bonds is 5. The van der Waals surface area contributed by atoms with Gasteiger partial charge >= 0.3 is 0 Å². The monoisotopic (exact) mass is 422 g/mol. The summed E-state index contributed by atoms with van der Waals surface area (Å²) in [5.74, 6) is 0.665. The number of thioether (sulfide) groups is 1. The summed E-state index contributed by atoms with van der Waals surface area (Å²) in [4.78, 5) is 18.4. The second kappa shape index (κ2) is 9.20. The van der Waals surface area contributed by atoms with Crippen LogP contribution in [0.4, 0.5) is 0 Å². The first kappa shape index (κ1) is 21.0.